The molecule has 2 aliphatic heterocycles. The van der Waals surface area contributed by atoms with Crippen molar-refractivity contribution in [3.63, 3.8) is 0 Å². The molecule has 2 bridgehead atoms. The van der Waals surface area contributed by atoms with Gasteiger partial charge >= 0.3 is 0 Å². The fraction of sp³-hybridized carbons (Fsp3) is 0.421. The third-order valence-electron chi connectivity index (χ3n) is 5.79. The van der Waals surface area contributed by atoms with Gasteiger partial charge in [0.05, 0.1) is 6.20 Å². The molecule has 27 heavy (non-hydrogen) atoms. The second-order valence-corrected chi connectivity index (χ2v) is 8.36. The van der Waals surface area contributed by atoms with Gasteiger partial charge in [0.1, 0.15) is 11.8 Å². The molecular weight excluding hydrogens is 362 g/mol. The van der Waals surface area contributed by atoms with Gasteiger partial charge in [0.25, 0.3) is 0 Å². The number of aromatic nitrogens is 4. The number of thiophene rings is 1. The summed E-state index contributed by atoms with van der Waals surface area (Å²) in [5, 5.41) is 31.1. The molecule has 7 nitrogen and oxygen atoms in total. The minimum absolute atomic E-state index is 0.116. The van der Waals surface area contributed by atoms with Gasteiger partial charge in [0.2, 0.25) is 0 Å². The van der Waals surface area contributed by atoms with Crippen LogP contribution in [0.15, 0.2) is 42.3 Å². The Morgan fingerprint density at radius 2 is 1.96 bits per heavy atom. The van der Waals surface area contributed by atoms with Crippen LogP contribution in [-0.2, 0) is 5.60 Å². The van der Waals surface area contributed by atoms with Crippen molar-refractivity contribution >= 4 is 11.3 Å². The molecule has 0 radical (unpaired) electrons. The number of nitrogens with zero attached hydrogens (tertiary/aromatic N) is 4. The molecule has 2 unspecified atom stereocenters. The number of aliphatic hydroxyl groups excluding tert-OH is 1. The second-order valence-electron chi connectivity index (χ2n) is 7.45. The molecule has 0 amide bonds. The van der Waals surface area contributed by atoms with Gasteiger partial charge in [-0.3, -0.25) is 10.00 Å². The van der Waals surface area contributed by atoms with E-state index in [0.29, 0.717) is 18.7 Å². The molecule has 3 aromatic rings. The highest BCUT2D eigenvalue weighted by Crippen LogP contribution is 2.48. The van der Waals surface area contributed by atoms with Crippen LogP contribution in [0.3, 0.4) is 0 Å². The maximum absolute atomic E-state index is 11.2. The van der Waals surface area contributed by atoms with E-state index in [4.69, 9.17) is 0 Å². The van der Waals surface area contributed by atoms with Gasteiger partial charge in [0, 0.05) is 46.7 Å². The molecule has 2 aliphatic rings. The SMILES string of the molecule is OC(c1csc(-c2cn[nH]c2)c1)N1[C@@H]2CC[C@H]1CC(O)(c1ncccn1)C2. The van der Waals surface area contributed by atoms with E-state index in [1.54, 1.807) is 36.0 Å². The Labute approximate surface area is 160 Å². The van der Waals surface area contributed by atoms with Crippen molar-refractivity contribution in [3.05, 3.63) is 53.7 Å². The lowest BCUT2D eigenvalue weighted by molar-refractivity contribution is -0.118. The van der Waals surface area contributed by atoms with Crippen molar-refractivity contribution in [2.24, 2.45) is 0 Å². The fourth-order valence-corrected chi connectivity index (χ4v) is 5.48. The van der Waals surface area contributed by atoms with Crippen molar-refractivity contribution in [1.82, 2.24) is 25.1 Å². The molecule has 5 rings (SSSR count). The van der Waals surface area contributed by atoms with Crippen LogP contribution in [0.2, 0.25) is 0 Å². The van der Waals surface area contributed by atoms with Gasteiger partial charge in [-0.15, -0.1) is 11.3 Å². The highest BCUT2D eigenvalue weighted by atomic mass is 32.1. The van der Waals surface area contributed by atoms with Gasteiger partial charge < -0.3 is 10.2 Å². The molecule has 5 heterocycles. The maximum atomic E-state index is 11.2. The van der Waals surface area contributed by atoms with Crippen molar-refractivity contribution in [3.8, 4) is 10.4 Å². The maximum Gasteiger partial charge on any atom is 0.160 e. The Balaban J connectivity index is 1.38. The van der Waals surface area contributed by atoms with E-state index >= 15 is 0 Å². The van der Waals surface area contributed by atoms with E-state index < -0.39 is 11.8 Å². The molecule has 3 aromatic heterocycles. The Morgan fingerprint density at radius 3 is 2.63 bits per heavy atom. The molecule has 4 atom stereocenters. The number of rotatable bonds is 4. The highest BCUT2D eigenvalue weighted by Gasteiger charge is 2.51. The number of hydrogen-bond donors (Lipinski definition) is 3. The van der Waals surface area contributed by atoms with E-state index in [1.807, 2.05) is 17.6 Å². The molecule has 3 N–H and O–H groups in total. The summed E-state index contributed by atoms with van der Waals surface area (Å²) in [5.41, 5.74) is 0.907. The van der Waals surface area contributed by atoms with Crippen LogP contribution < -0.4 is 0 Å². The number of hydrogen-bond acceptors (Lipinski definition) is 7. The monoisotopic (exact) mass is 383 g/mol. The minimum Gasteiger partial charge on any atom is -0.382 e. The minimum atomic E-state index is -1.01. The number of fused-ring (bicyclic) bond motifs is 2. The molecule has 0 aromatic carbocycles. The fourth-order valence-electron chi connectivity index (χ4n) is 4.58. The average Bonchev–Trinajstić information content (AvgIpc) is 3.41. The lowest BCUT2D eigenvalue weighted by atomic mass is 9.84. The Bertz CT molecular complexity index is 899. The number of aliphatic hydroxyl groups is 2. The quantitative estimate of drug-likeness (QED) is 0.640. The van der Waals surface area contributed by atoms with E-state index in [1.165, 1.54) is 0 Å². The Kier molecular flexibility index (Phi) is 4.08. The summed E-state index contributed by atoms with van der Waals surface area (Å²) in [6.07, 6.45) is 9.34. The van der Waals surface area contributed by atoms with E-state index in [-0.39, 0.29) is 12.1 Å². The van der Waals surface area contributed by atoms with E-state index in [2.05, 4.69) is 25.1 Å². The molecule has 0 aliphatic carbocycles. The van der Waals surface area contributed by atoms with Crippen LogP contribution in [0.4, 0.5) is 0 Å². The summed E-state index contributed by atoms with van der Waals surface area (Å²) in [7, 11) is 0. The molecule has 2 saturated heterocycles. The van der Waals surface area contributed by atoms with Crippen molar-refractivity contribution in [1.29, 1.82) is 0 Å². The standard InChI is InChI=1S/C19H21N5O2S/c25-17(12-6-16(27-11-12)13-9-22-23-10-13)24-14-2-3-15(24)8-19(26,7-14)18-20-4-1-5-21-18/h1,4-6,9-11,14-15,17,25-26H,2-3,7-8H2,(H,22,23)/t14-,15+,17?,19?. The zero-order valence-electron chi connectivity index (χ0n) is 14.7. The van der Waals surface area contributed by atoms with Gasteiger partial charge in [-0.05, 0) is 43.2 Å². The predicted molar refractivity (Wildman–Crippen MR) is 101 cm³/mol. The molecular formula is C19H21N5O2S. The summed E-state index contributed by atoms with van der Waals surface area (Å²) in [4.78, 5) is 11.8. The third-order valence-corrected chi connectivity index (χ3v) is 6.79. The summed E-state index contributed by atoms with van der Waals surface area (Å²) in [6, 6.07) is 4.02. The van der Waals surface area contributed by atoms with Crippen LogP contribution in [0, 0.1) is 0 Å². The second kappa shape index (κ2) is 6.49. The predicted octanol–water partition coefficient (Wildman–Crippen LogP) is 2.43. The molecule has 2 fully saturated rings. The first-order chi connectivity index (χ1) is 13.1. The first-order valence-corrected chi connectivity index (χ1v) is 10.0. The lowest BCUT2D eigenvalue weighted by Crippen LogP contribution is -2.51. The van der Waals surface area contributed by atoms with E-state index in [0.717, 1.165) is 28.8 Å². The highest BCUT2D eigenvalue weighted by molar-refractivity contribution is 7.13. The smallest absolute Gasteiger partial charge is 0.160 e. The normalized spacial score (nSPS) is 29.1. The zero-order chi connectivity index (χ0) is 18.4. The number of H-pyrrole nitrogens is 1. The molecule has 8 heteroatoms. The van der Waals surface area contributed by atoms with Gasteiger partial charge in [-0.25, -0.2) is 9.97 Å². The Morgan fingerprint density at radius 1 is 1.22 bits per heavy atom. The van der Waals surface area contributed by atoms with Gasteiger partial charge in [0.15, 0.2) is 5.82 Å². The van der Waals surface area contributed by atoms with Crippen LogP contribution in [0.5, 0.6) is 0 Å². The van der Waals surface area contributed by atoms with Crippen LogP contribution in [0.25, 0.3) is 10.4 Å². The summed E-state index contributed by atoms with van der Waals surface area (Å²) >= 11 is 1.60. The van der Waals surface area contributed by atoms with Crippen molar-refractivity contribution in [2.45, 2.75) is 49.6 Å². The average molecular weight is 383 g/mol. The summed E-state index contributed by atoms with van der Waals surface area (Å²) in [5.74, 6) is 0.494. The van der Waals surface area contributed by atoms with Crippen molar-refractivity contribution in [2.75, 3.05) is 0 Å². The molecule has 0 spiro atoms. The van der Waals surface area contributed by atoms with Crippen LogP contribution in [0.1, 0.15) is 43.3 Å². The summed E-state index contributed by atoms with van der Waals surface area (Å²) in [6.45, 7) is 0. The first-order valence-electron chi connectivity index (χ1n) is 9.17. The van der Waals surface area contributed by atoms with Crippen molar-refractivity contribution < 1.29 is 10.2 Å². The molecule has 0 saturated carbocycles. The van der Waals surface area contributed by atoms with E-state index in [9.17, 15) is 10.2 Å². The lowest BCUT2D eigenvalue weighted by Gasteiger charge is -2.44. The summed E-state index contributed by atoms with van der Waals surface area (Å²) < 4.78 is 0. The zero-order valence-corrected chi connectivity index (χ0v) is 15.5. The largest absolute Gasteiger partial charge is 0.382 e. The third kappa shape index (κ3) is 2.89. The number of aromatic amines is 1. The topological polar surface area (TPSA) is 98.2 Å². The number of nitrogens with one attached hydrogen (secondary N) is 1. The van der Waals surface area contributed by atoms with Gasteiger partial charge in [-0.2, -0.15) is 5.10 Å². The first kappa shape index (κ1) is 17.0. The Hall–Kier alpha value is -2.13. The van der Waals surface area contributed by atoms with Crippen LogP contribution >= 0.6 is 11.3 Å². The van der Waals surface area contributed by atoms with Crippen LogP contribution in [-0.4, -0.2) is 47.4 Å². The molecule has 140 valence electrons. The van der Waals surface area contributed by atoms with Gasteiger partial charge in [-0.1, -0.05) is 0 Å². The number of piperidine rings is 1.